The van der Waals surface area contributed by atoms with Gasteiger partial charge in [-0.25, -0.2) is 0 Å². The first kappa shape index (κ1) is 18.8. The van der Waals surface area contributed by atoms with Gasteiger partial charge in [0.1, 0.15) is 12.4 Å². The molecule has 0 aliphatic heterocycles. The summed E-state index contributed by atoms with van der Waals surface area (Å²) in [4.78, 5) is 4.48. The van der Waals surface area contributed by atoms with Crippen molar-refractivity contribution in [2.24, 2.45) is 4.99 Å². The van der Waals surface area contributed by atoms with Crippen LogP contribution in [0.5, 0.6) is 5.75 Å². The molecule has 3 aromatic rings. The summed E-state index contributed by atoms with van der Waals surface area (Å²) in [6.45, 7) is 2.36. The van der Waals surface area contributed by atoms with Gasteiger partial charge < -0.3 is 4.74 Å². The van der Waals surface area contributed by atoms with Crippen molar-refractivity contribution in [2.75, 3.05) is 0 Å². The Labute approximate surface area is 168 Å². The molecule has 2 nitrogen and oxygen atoms in total. The quantitative estimate of drug-likeness (QED) is 0.409. The number of aryl methyl sites for hydroxylation is 1. The fourth-order valence-electron chi connectivity index (χ4n) is 2.35. The van der Waals surface area contributed by atoms with Crippen LogP contribution >= 0.6 is 34.8 Å². The Kier molecular flexibility index (Phi) is 6.20. The summed E-state index contributed by atoms with van der Waals surface area (Å²) in [6, 6.07) is 18.7. The highest BCUT2D eigenvalue weighted by atomic mass is 35.5. The van der Waals surface area contributed by atoms with Crippen molar-refractivity contribution >= 4 is 46.7 Å². The minimum Gasteiger partial charge on any atom is -0.488 e. The van der Waals surface area contributed by atoms with Gasteiger partial charge in [0.05, 0.1) is 5.69 Å². The molecule has 0 heterocycles. The SMILES string of the molecule is Cc1ccc(N=Cc2cc(Cl)ccc2OCc2cccc(Cl)c2)cc1Cl. The van der Waals surface area contributed by atoms with Gasteiger partial charge in [0.2, 0.25) is 0 Å². The number of benzene rings is 3. The van der Waals surface area contributed by atoms with Gasteiger partial charge in [-0.1, -0.05) is 53.0 Å². The van der Waals surface area contributed by atoms with Gasteiger partial charge in [0.15, 0.2) is 0 Å². The van der Waals surface area contributed by atoms with Gasteiger partial charge in [0, 0.05) is 26.8 Å². The van der Waals surface area contributed by atoms with E-state index in [0.29, 0.717) is 27.4 Å². The van der Waals surface area contributed by atoms with Gasteiger partial charge in [-0.3, -0.25) is 4.99 Å². The Bertz CT molecular complexity index is 954. The first-order chi connectivity index (χ1) is 12.5. The van der Waals surface area contributed by atoms with Gasteiger partial charge in [-0.05, 0) is 60.5 Å². The van der Waals surface area contributed by atoms with Crippen LogP contribution in [0.15, 0.2) is 65.7 Å². The maximum absolute atomic E-state index is 6.15. The Morgan fingerprint density at radius 2 is 1.73 bits per heavy atom. The molecule has 0 aromatic heterocycles. The van der Waals surface area contributed by atoms with Crippen LogP contribution in [0.2, 0.25) is 15.1 Å². The predicted molar refractivity (Wildman–Crippen MR) is 111 cm³/mol. The second kappa shape index (κ2) is 8.59. The lowest BCUT2D eigenvalue weighted by Gasteiger charge is -2.10. The van der Waals surface area contributed by atoms with Crippen LogP contribution in [-0.4, -0.2) is 6.21 Å². The third-order valence-corrected chi connectivity index (χ3v) is 4.64. The van der Waals surface area contributed by atoms with Crippen LogP contribution < -0.4 is 4.74 Å². The smallest absolute Gasteiger partial charge is 0.128 e. The molecule has 0 radical (unpaired) electrons. The van der Waals surface area contributed by atoms with Crippen LogP contribution in [0.3, 0.4) is 0 Å². The van der Waals surface area contributed by atoms with Crippen LogP contribution in [0.4, 0.5) is 5.69 Å². The average Bonchev–Trinajstić information content (AvgIpc) is 2.62. The molecular weight excluding hydrogens is 389 g/mol. The van der Waals surface area contributed by atoms with E-state index in [0.717, 1.165) is 22.4 Å². The molecule has 0 unspecified atom stereocenters. The number of hydrogen-bond donors (Lipinski definition) is 0. The van der Waals surface area contributed by atoms with Crippen molar-refractivity contribution < 1.29 is 4.74 Å². The summed E-state index contributed by atoms with van der Waals surface area (Å²) in [5, 5.41) is 1.98. The van der Waals surface area contributed by atoms with Crippen LogP contribution in [-0.2, 0) is 6.61 Å². The topological polar surface area (TPSA) is 21.6 Å². The number of ether oxygens (including phenoxy) is 1. The van der Waals surface area contributed by atoms with Gasteiger partial charge in [0.25, 0.3) is 0 Å². The van der Waals surface area contributed by atoms with E-state index in [4.69, 9.17) is 39.5 Å². The predicted octanol–water partition coefficient (Wildman–Crippen LogP) is 7.28. The Hall–Kier alpha value is -2.00. The molecule has 0 saturated heterocycles. The van der Waals surface area contributed by atoms with Crippen LogP contribution in [0, 0.1) is 6.92 Å². The minimum absolute atomic E-state index is 0.402. The molecule has 0 amide bonds. The average molecular weight is 405 g/mol. The zero-order valence-corrected chi connectivity index (χ0v) is 16.3. The zero-order chi connectivity index (χ0) is 18.5. The molecule has 0 bridgehead atoms. The maximum Gasteiger partial charge on any atom is 0.128 e. The highest BCUT2D eigenvalue weighted by Gasteiger charge is 2.05. The molecule has 0 spiro atoms. The molecule has 132 valence electrons. The standard InChI is InChI=1S/C21H16Cl3NO/c1-14-5-7-19(11-20(14)24)25-12-16-10-18(23)6-8-21(16)26-13-15-3-2-4-17(22)9-15/h2-12H,13H2,1H3. The molecule has 5 heteroatoms. The van der Waals surface area contributed by atoms with E-state index in [-0.39, 0.29) is 0 Å². The van der Waals surface area contributed by atoms with E-state index < -0.39 is 0 Å². The van der Waals surface area contributed by atoms with Gasteiger partial charge in [-0.2, -0.15) is 0 Å². The molecule has 3 rings (SSSR count). The number of rotatable bonds is 5. The fourth-order valence-corrected chi connectivity index (χ4v) is 2.91. The lowest BCUT2D eigenvalue weighted by Crippen LogP contribution is -1.98. The molecule has 0 N–H and O–H groups in total. The summed E-state index contributed by atoms with van der Waals surface area (Å²) in [5.74, 6) is 0.691. The zero-order valence-electron chi connectivity index (χ0n) is 14.0. The van der Waals surface area contributed by atoms with Gasteiger partial charge >= 0.3 is 0 Å². The lowest BCUT2D eigenvalue weighted by atomic mass is 10.2. The molecular formula is C21H16Cl3NO. The molecule has 26 heavy (non-hydrogen) atoms. The molecule has 0 aliphatic carbocycles. The summed E-state index contributed by atoms with van der Waals surface area (Å²) in [5.41, 5.74) is 3.55. The normalized spacial score (nSPS) is 11.1. The molecule has 0 fully saturated rings. The third-order valence-electron chi connectivity index (χ3n) is 3.76. The van der Waals surface area contributed by atoms with Crippen molar-refractivity contribution in [3.05, 3.63) is 92.4 Å². The Morgan fingerprint density at radius 3 is 2.50 bits per heavy atom. The van der Waals surface area contributed by atoms with Crippen molar-refractivity contribution in [3.8, 4) is 5.75 Å². The first-order valence-corrected chi connectivity index (χ1v) is 9.12. The lowest BCUT2D eigenvalue weighted by molar-refractivity contribution is 0.306. The number of hydrogen-bond acceptors (Lipinski definition) is 2. The van der Waals surface area contributed by atoms with E-state index in [9.17, 15) is 0 Å². The van der Waals surface area contributed by atoms with Crippen LogP contribution in [0.25, 0.3) is 0 Å². The summed E-state index contributed by atoms with van der Waals surface area (Å²) < 4.78 is 5.93. The summed E-state index contributed by atoms with van der Waals surface area (Å²) >= 11 is 18.3. The largest absolute Gasteiger partial charge is 0.488 e. The summed E-state index contributed by atoms with van der Waals surface area (Å²) in [7, 11) is 0. The van der Waals surface area contributed by atoms with Crippen LogP contribution in [0.1, 0.15) is 16.7 Å². The van der Waals surface area contributed by atoms with Crippen molar-refractivity contribution in [1.82, 2.24) is 0 Å². The fraction of sp³-hybridized carbons (Fsp3) is 0.0952. The van der Waals surface area contributed by atoms with E-state index in [1.807, 2.05) is 61.5 Å². The highest BCUT2D eigenvalue weighted by Crippen LogP contribution is 2.25. The van der Waals surface area contributed by atoms with Crippen molar-refractivity contribution in [1.29, 1.82) is 0 Å². The number of nitrogens with zero attached hydrogens (tertiary/aromatic N) is 1. The number of halogens is 3. The minimum atomic E-state index is 0.402. The molecule has 0 saturated carbocycles. The second-order valence-electron chi connectivity index (χ2n) is 5.79. The van der Waals surface area contributed by atoms with E-state index >= 15 is 0 Å². The first-order valence-electron chi connectivity index (χ1n) is 7.98. The van der Waals surface area contributed by atoms with E-state index in [1.54, 1.807) is 12.3 Å². The molecule has 0 aliphatic rings. The molecule has 3 aromatic carbocycles. The monoisotopic (exact) mass is 403 g/mol. The highest BCUT2D eigenvalue weighted by molar-refractivity contribution is 6.31. The Balaban J connectivity index is 1.81. The van der Waals surface area contributed by atoms with E-state index in [1.165, 1.54) is 0 Å². The van der Waals surface area contributed by atoms with Crippen molar-refractivity contribution in [2.45, 2.75) is 13.5 Å². The number of aliphatic imine (C=N–C) groups is 1. The van der Waals surface area contributed by atoms with E-state index in [2.05, 4.69) is 4.99 Å². The molecule has 0 atom stereocenters. The second-order valence-corrected chi connectivity index (χ2v) is 7.07. The maximum atomic E-state index is 6.15. The Morgan fingerprint density at radius 1 is 0.923 bits per heavy atom. The van der Waals surface area contributed by atoms with Gasteiger partial charge in [-0.15, -0.1) is 0 Å². The van der Waals surface area contributed by atoms with Crippen molar-refractivity contribution in [3.63, 3.8) is 0 Å². The summed E-state index contributed by atoms with van der Waals surface area (Å²) in [6.07, 6.45) is 1.72. The third kappa shape index (κ3) is 5.01.